The Labute approximate surface area is 240 Å². The lowest BCUT2D eigenvalue weighted by atomic mass is 9.98. The summed E-state index contributed by atoms with van der Waals surface area (Å²) in [5.74, 6) is -2.59. The van der Waals surface area contributed by atoms with Crippen LogP contribution in [0.5, 0.6) is 0 Å². The maximum atomic E-state index is 13.2. The van der Waals surface area contributed by atoms with E-state index in [2.05, 4.69) is 25.0 Å². The smallest absolute Gasteiger partial charge is 0.358 e. The molecular formula is C23H25N7O7S3. The number of rotatable bonds is 8. The molecule has 0 saturated carbocycles. The Morgan fingerprint density at radius 2 is 2.05 bits per heavy atom. The van der Waals surface area contributed by atoms with Crippen molar-refractivity contribution in [3.8, 4) is 0 Å². The van der Waals surface area contributed by atoms with Crippen molar-refractivity contribution >= 4 is 75.3 Å². The number of hydrogen-bond acceptors (Lipinski definition) is 15. The number of allylic oxidation sites excluding steroid dienone is 1. The minimum atomic E-state index is -1.03. The molecule has 0 aliphatic carbocycles. The Kier molecular flexibility index (Phi) is 8.55. The number of β-lactam (4-membered cyclic amide) rings is 1. The number of nitrogens with one attached hydrogen (secondary N) is 1. The van der Waals surface area contributed by atoms with E-state index in [1.54, 1.807) is 32.9 Å². The maximum Gasteiger partial charge on any atom is 0.358 e. The summed E-state index contributed by atoms with van der Waals surface area (Å²) in [6.07, 6.45) is 3.32. The highest BCUT2D eigenvalue weighted by atomic mass is 32.2. The minimum absolute atomic E-state index is 0.0496. The van der Waals surface area contributed by atoms with E-state index in [-0.39, 0.29) is 22.3 Å². The van der Waals surface area contributed by atoms with Crippen LogP contribution in [0.15, 0.2) is 27.9 Å². The summed E-state index contributed by atoms with van der Waals surface area (Å²) in [6.45, 7) is 6.18. The predicted molar refractivity (Wildman–Crippen MR) is 147 cm³/mol. The Hall–Kier alpha value is -3.83. The molecule has 2 aliphatic heterocycles. The van der Waals surface area contributed by atoms with E-state index in [0.717, 1.165) is 16.2 Å². The largest absolute Gasteiger partial charge is 0.427 e. The molecule has 4 N–H and O–H groups in total. The Morgan fingerprint density at radius 1 is 1.30 bits per heavy atom. The second kappa shape index (κ2) is 11.7. The third-order valence-corrected chi connectivity index (χ3v) is 8.30. The van der Waals surface area contributed by atoms with Gasteiger partial charge in [-0.1, -0.05) is 15.7 Å². The first kappa shape index (κ1) is 29.2. The quantitative estimate of drug-likeness (QED) is 0.0977. The summed E-state index contributed by atoms with van der Waals surface area (Å²) in [5.41, 5.74) is 5.46. The van der Waals surface area contributed by atoms with E-state index in [1.165, 1.54) is 33.6 Å². The van der Waals surface area contributed by atoms with Gasteiger partial charge in [0, 0.05) is 16.0 Å². The number of ether oxygens (including phenoxy) is 2. The van der Waals surface area contributed by atoms with Gasteiger partial charge in [-0.25, -0.2) is 9.78 Å². The molecule has 40 heavy (non-hydrogen) atoms. The first-order valence-corrected chi connectivity index (χ1v) is 14.4. The molecule has 14 nitrogen and oxygen atoms in total. The maximum absolute atomic E-state index is 13.2. The number of nitrogen functional groups attached to an aromatic ring is 1. The van der Waals surface area contributed by atoms with Crippen molar-refractivity contribution in [1.82, 2.24) is 24.8 Å². The SMILES string of the molecule is Cc1snnc1/C=C\C1=C(C(=O)OCOC(=O)C(C)(C)C)N2C(=O)C(NC(=O)/C(=N\O)c3csc(N)n3)[C@@H]2SC1. The summed E-state index contributed by atoms with van der Waals surface area (Å²) in [7, 11) is 0. The monoisotopic (exact) mass is 607 g/mol. The number of carbonyl (C=O) groups excluding carboxylic acids is 4. The van der Waals surface area contributed by atoms with Gasteiger partial charge in [0.05, 0.1) is 5.41 Å². The molecule has 2 aliphatic rings. The molecule has 4 rings (SSSR count). The molecule has 1 fully saturated rings. The lowest BCUT2D eigenvalue weighted by molar-refractivity contribution is -0.173. The van der Waals surface area contributed by atoms with Gasteiger partial charge in [0.25, 0.3) is 11.8 Å². The summed E-state index contributed by atoms with van der Waals surface area (Å²) in [5, 5.41) is 19.9. The Balaban J connectivity index is 1.54. The van der Waals surface area contributed by atoms with Crippen molar-refractivity contribution in [3.63, 3.8) is 0 Å². The third-order valence-electron chi connectivity index (χ3n) is 5.68. The molecule has 0 spiro atoms. The number of thiazole rings is 1. The number of esters is 2. The van der Waals surface area contributed by atoms with Crippen LogP contribution in [-0.2, 0) is 28.7 Å². The molecule has 2 aromatic rings. The van der Waals surface area contributed by atoms with Crippen LogP contribution >= 0.6 is 34.6 Å². The lowest BCUT2D eigenvalue weighted by Gasteiger charge is -2.49. The van der Waals surface area contributed by atoms with Crippen molar-refractivity contribution in [1.29, 1.82) is 0 Å². The van der Waals surface area contributed by atoms with E-state index in [0.29, 0.717) is 11.3 Å². The van der Waals surface area contributed by atoms with Crippen molar-refractivity contribution in [2.24, 2.45) is 10.6 Å². The van der Waals surface area contributed by atoms with Gasteiger partial charge in [-0.05, 0) is 50.9 Å². The van der Waals surface area contributed by atoms with E-state index in [9.17, 15) is 24.4 Å². The van der Waals surface area contributed by atoms with Crippen molar-refractivity contribution in [3.05, 3.63) is 39.0 Å². The van der Waals surface area contributed by atoms with Gasteiger partial charge in [0.1, 0.15) is 28.5 Å². The molecule has 1 saturated heterocycles. The molecule has 1 unspecified atom stereocenters. The van der Waals surface area contributed by atoms with Crippen LogP contribution in [0.25, 0.3) is 6.08 Å². The van der Waals surface area contributed by atoms with Gasteiger partial charge in [-0.3, -0.25) is 19.3 Å². The summed E-state index contributed by atoms with van der Waals surface area (Å²) >= 11 is 3.58. The fourth-order valence-electron chi connectivity index (χ4n) is 3.57. The van der Waals surface area contributed by atoms with Crippen LogP contribution < -0.4 is 11.1 Å². The van der Waals surface area contributed by atoms with Gasteiger partial charge in [0.2, 0.25) is 6.79 Å². The number of thioether (sulfide) groups is 1. The average Bonchev–Trinajstić information content (AvgIpc) is 3.52. The first-order valence-electron chi connectivity index (χ1n) is 11.7. The van der Waals surface area contributed by atoms with Gasteiger partial charge in [0.15, 0.2) is 10.8 Å². The lowest BCUT2D eigenvalue weighted by Crippen LogP contribution is -2.71. The molecular weight excluding hydrogens is 582 g/mol. The fourth-order valence-corrected chi connectivity index (χ4v) is 5.89. The van der Waals surface area contributed by atoms with Crippen LogP contribution in [0.4, 0.5) is 5.13 Å². The number of amides is 2. The number of nitrogens with zero attached hydrogens (tertiary/aromatic N) is 5. The number of fused-ring (bicyclic) bond motifs is 1. The number of hydrogen-bond donors (Lipinski definition) is 3. The molecule has 2 amide bonds. The molecule has 2 aromatic heterocycles. The highest BCUT2D eigenvalue weighted by Crippen LogP contribution is 2.41. The standard InChI is InChI=1S/C23H25N7O7S3/c1-10-12(27-29-40-10)6-5-11-7-38-19-15(26-17(31)14(28-35)13-8-39-22(24)25-13)18(32)30(19)16(11)20(33)36-9-37-21(34)23(2,3)4/h5-6,8,15,19,35H,7,9H2,1-4H3,(H2,24,25)(H,26,31)/b6-5-,28-14-/t15?,19-/m0/s1. The molecule has 2 atom stereocenters. The van der Waals surface area contributed by atoms with Crippen LogP contribution in [0, 0.1) is 12.3 Å². The molecule has 17 heteroatoms. The van der Waals surface area contributed by atoms with E-state index in [4.69, 9.17) is 15.2 Å². The number of carbonyl (C=O) groups is 4. The first-order chi connectivity index (χ1) is 18.9. The molecule has 0 bridgehead atoms. The average molecular weight is 608 g/mol. The number of nitrogens with two attached hydrogens (primary N) is 1. The van der Waals surface area contributed by atoms with Gasteiger partial charge in [-0.15, -0.1) is 28.2 Å². The van der Waals surface area contributed by atoms with Crippen molar-refractivity contribution < 1.29 is 33.9 Å². The zero-order valence-corrected chi connectivity index (χ0v) is 24.2. The van der Waals surface area contributed by atoms with Crippen LogP contribution in [0.3, 0.4) is 0 Å². The Bertz CT molecular complexity index is 1440. The minimum Gasteiger partial charge on any atom is -0.427 e. The third kappa shape index (κ3) is 6.00. The van der Waals surface area contributed by atoms with Crippen LogP contribution in [0.2, 0.25) is 0 Å². The molecule has 0 aromatic carbocycles. The molecule has 4 heterocycles. The van der Waals surface area contributed by atoms with E-state index >= 15 is 0 Å². The summed E-state index contributed by atoms with van der Waals surface area (Å²) in [4.78, 5) is 57.3. The Morgan fingerprint density at radius 3 is 2.65 bits per heavy atom. The van der Waals surface area contributed by atoms with Crippen LogP contribution in [0.1, 0.15) is 37.0 Å². The second-order valence-electron chi connectivity index (χ2n) is 9.53. The van der Waals surface area contributed by atoms with Crippen molar-refractivity contribution in [2.45, 2.75) is 39.1 Å². The molecule has 0 radical (unpaired) electrons. The van der Waals surface area contributed by atoms with Crippen molar-refractivity contribution in [2.75, 3.05) is 18.3 Å². The zero-order valence-electron chi connectivity index (χ0n) is 21.7. The molecule has 212 valence electrons. The number of anilines is 1. The van der Waals surface area contributed by atoms with Crippen LogP contribution in [-0.4, -0.2) is 78.1 Å². The van der Waals surface area contributed by atoms with E-state index in [1.807, 2.05) is 6.92 Å². The summed E-state index contributed by atoms with van der Waals surface area (Å²) in [6, 6.07) is -1.03. The number of oxime groups is 1. The topological polar surface area (TPSA) is 199 Å². The number of aromatic nitrogens is 3. The van der Waals surface area contributed by atoms with Gasteiger partial charge in [-0.2, -0.15) is 0 Å². The van der Waals surface area contributed by atoms with Gasteiger partial charge >= 0.3 is 11.9 Å². The highest BCUT2D eigenvalue weighted by molar-refractivity contribution is 8.00. The highest BCUT2D eigenvalue weighted by Gasteiger charge is 2.54. The zero-order chi connectivity index (χ0) is 29.2. The van der Waals surface area contributed by atoms with Gasteiger partial charge < -0.3 is 25.7 Å². The predicted octanol–water partition coefficient (Wildman–Crippen LogP) is 1.52. The summed E-state index contributed by atoms with van der Waals surface area (Å²) < 4.78 is 14.1. The number of aryl methyl sites for hydroxylation is 1. The second-order valence-corrected chi connectivity index (χ2v) is 12.5. The van der Waals surface area contributed by atoms with E-state index < -0.39 is 53.1 Å². The fraction of sp³-hybridized carbons (Fsp3) is 0.391. The normalized spacial score (nSPS) is 19.4.